The van der Waals surface area contributed by atoms with Gasteiger partial charge in [0.2, 0.25) is 21.8 Å². The van der Waals surface area contributed by atoms with Crippen LogP contribution in [-0.2, 0) is 26.0 Å². The number of aryl methyl sites for hydroxylation is 1. The molecule has 0 spiro atoms. The van der Waals surface area contributed by atoms with Crippen LogP contribution in [0.15, 0.2) is 47.4 Å². The molecule has 0 unspecified atom stereocenters. The second-order valence-electron chi connectivity index (χ2n) is 9.88. The number of nitrogens with zero attached hydrogens (tertiary/aromatic N) is 2. The van der Waals surface area contributed by atoms with Gasteiger partial charge in [0.05, 0.1) is 10.8 Å². The molecule has 3 aliphatic rings. The van der Waals surface area contributed by atoms with Crippen LogP contribution in [0.1, 0.15) is 43.7 Å². The highest BCUT2D eigenvalue weighted by Crippen LogP contribution is 2.40. The Balaban J connectivity index is 1.31. The van der Waals surface area contributed by atoms with Crippen LogP contribution in [-0.4, -0.2) is 43.7 Å². The third-order valence-electron chi connectivity index (χ3n) is 7.14. The van der Waals surface area contributed by atoms with Crippen LogP contribution in [0.25, 0.3) is 0 Å². The maximum atomic E-state index is 13.5. The van der Waals surface area contributed by atoms with E-state index in [2.05, 4.69) is 5.32 Å². The fourth-order valence-electron chi connectivity index (χ4n) is 5.04. The predicted octanol–water partition coefficient (Wildman–Crippen LogP) is 3.72. The fourth-order valence-corrected chi connectivity index (χ4v) is 6.61. The molecule has 0 aromatic heterocycles. The first kappa shape index (κ1) is 23.1. The van der Waals surface area contributed by atoms with E-state index >= 15 is 0 Å². The highest BCUT2D eigenvalue weighted by atomic mass is 32.2. The molecule has 2 amide bonds. The van der Waals surface area contributed by atoms with Crippen LogP contribution in [0.2, 0.25) is 0 Å². The number of anilines is 2. The standard InChI is InChI=1S/C26H31N3O4S/c1-17-5-9-22(10-6-17)27-25(30)20-4-3-13-28(16-20)34(32,33)23-11-12-24-21(15-23)14-18(2)29(24)26(31)19-7-8-19/h5-6,9-12,15,18-20H,3-4,7-8,13-14,16H2,1-2H3,(H,27,30)/t18-,20-/m1/s1. The third kappa shape index (κ3) is 4.36. The predicted molar refractivity (Wildman–Crippen MR) is 131 cm³/mol. The molecule has 1 N–H and O–H groups in total. The molecule has 2 atom stereocenters. The summed E-state index contributed by atoms with van der Waals surface area (Å²) in [6, 6.07) is 12.7. The largest absolute Gasteiger partial charge is 0.326 e. The lowest BCUT2D eigenvalue weighted by atomic mass is 9.98. The average molecular weight is 482 g/mol. The Labute approximate surface area is 201 Å². The van der Waals surface area contributed by atoms with Gasteiger partial charge in [0.15, 0.2) is 0 Å². The quantitative estimate of drug-likeness (QED) is 0.705. The van der Waals surface area contributed by atoms with Gasteiger partial charge in [-0.1, -0.05) is 17.7 Å². The van der Waals surface area contributed by atoms with E-state index in [-0.39, 0.29) is 35.2 Å². The maximum Gasteiger partial charge on any atom is 0.243 e. The summed E-state index contributed by atoms with van der Waals surface area (Å²) < 4.78 is 28.4. The molecule has 180 valence electrons. The maximum absolute atomic E-state index is 13.5. The summed E-state index contributed by atoms with van der Waals surface area (Å²) in [5, 5.41) is 2.92. The van der Waals surface area contributed by atoms with Crippen molar-refractivity contribution in [1.82, 2.24) is 4.31 Å². The molecule has 7 nitrogen and oxygen atoms in total. The number of rotatable bonds is 5. The summed E-state index contributed by atoms with van der Waals surface area (Å²) in [7, 11) is -3.74. The van der Waals surface area contributed by atoms with Crippen molar-refractivity contribution in [3.8, 4) is 0 Å². The first-order chi connectivity index (χ1) is 16.2. The number of carbonyl (C=O) groups is 2. The van der Waals surface area contributed by atoms with Crippen molar-refractivity contribution in [3.05, 3.63) is 53.6 Å². The van der Waals surface area contributed by atoms with Gasteiger partial charge in [-0.15, -0.1) is 0 Å². The first-order valence-electron chi connectivity index (χ1n) is 12.1. The minimum Gasteiger partial charge on any atom is -0.326 e. The molecular formula is C26H31N3O4S. The molecule has 0 radical (unpaired) electrons. The summed E-state index contributed by atoms with van der Waals surface area (Å²) in [4.78, 5) is 27.6. The van der Waals surface area contributed by atoms with Crippen molar-refractivity contribution in [3.63, 3.8) is 0 Å². The van der Waals surface area contributed by atoms with E-state index < -0.39 is 15.9 Å². The van der Waals surface area contributed by atoms with E-state index in [0.29, 0.717) is 31.5 Å². The van der Waals surface area contributed by atoms with E-state index in [1.54, 1.807) is 18.2 Å². The smallest absolute Gasteiger partial charge is 0.243 e. The number of sulfonamides is 1. The number of benzene rings is 2. The zero-order valence-corrected chi connectivity index (χ0v) is 20.5. The van der Waals surface area contributed by atoms with Crippen LogP contribution in [0, 0.1) is 18.8 Å². The van der Waals surface area contributed by atoms with E-state index in [0.717, 1.165) is 29.7 Å². The SMILES string of the molecule is Cc1ccc(NC(=O)[C@@H]2CCCN(S(=O)(=O)c3ccc4c(c3)C[C@@H](C)N4C(=O)C3CC3)C2)cc1. The van der Waals surface area contributed by atoms with E-state index in [1.807, 2.05) is 43.0 Å². The lowest BCUT2D eigenvalue weighted by molar-refractivity contribution is -0.121. The topological polar surface area (TPSA) is 86.8 Å². The number of fused-ring (bicyclic) bond motifs is 1. The fraction of sp³-hybridized carbons (Fsp3) is 0.462. The molecule has 2 aromatic rings. The van der Waals surface area contributed by atoms with Crippen molar-refractivity contribution in [2.45, 2.75) is 56.9 Å². The number of amides is 2. The Morgan fingerprint density at radius 2 is 1.74 bits per heavy atom. The molecule has 1 aliphatic carbocycles. The zero-order valence-electron chi connectivity index (χ0n) is 19.7. The van der Waals surface area contributed by atoms with Gasteiger partial charge in [-0.25, -0.2) is 8.42 Å². The normalized spacial score (nSPS) is 22.9. The second-order valence-corrected chi connectivity index (χ2v) is 11.8. The van der Waals surface area contributed by atoms with Crippen molar-refractivity contribution in [1.29, 1.82) is 0 Å². The molecule has 1 saturated carbocycles. The van der Waals surface area contributed by atoms with Crippen molar-refractivity contribution in [2.24, 2.45) is 11.8 Å². The van der Waals surface area contributed by atoms with E-state index in [9.17, 15) is 18.0 Å². The van der Waals surface area contributed by atoms with Gasteiger partial charge in [0.1, 0.15) is 0 Å². The van der Waals surface area contributed by atoms with Gasteiger partial charge in [-0.05, 0) is 81.8 Å². The average Bonchev–Trinajstić information content (AvgIpc) is 3.62. The highest BCUT2D eigenvalue weighted by molar-refractivity contribution is 7.89. The molecule has 2 heterocycles. The Kier molecular flexibility index (Phi) is 5.98. The molecule has 0 bridgehead atoms. The Bertz CT molecular complexity index is 1220. The molecule has 2 aliphatic heterocycles. The summed E-state index contributed by atoms with van der Waals surface area (Å²) in [5.41, 5.74) is 3.55. The summed E-state index contributed by atoms with van der Waals surface area (Å²) >= 11 is 0. The van der Waals surface area contributed by atoms with Gasteiger partial charge in [-0.2, -0.15) is 4.31 Å². The lowest BCUT2D eigenvalue weighted by Crippen LogP contribution is -2.43. The van der Waals surface area contributed by atoms with Crippen LogP contribution in [0.3, 0.4) is 0 Å². The highest BCUT2D eigenvalue weighted by Gasteiger charge is 2.40. The molecule has 2 fully saturated rings. The number of hydrogen-bond donors (Lipinski definition) is 1. The van der Waals surface area contributed by atoms with Crippen LogP contribution < -0.4 is 10.2 Å². The molecule has 5 rings (SSSR count). The third-order valence-corrected chi connectivity index (χ3v) is 9.00. The molecule has 34 heavy (non-hydrogen) atoms. The van der Waals surface area contributed by atoms with Crippen LogP contribution in [0.4, 0.5) is 11.4 Å². The van der Waals surface area contributed by atoms with E-state index in [1.165, 1.54) is 4.31 Å². The Hall–Kier alpha value is -2.71. The van der Waals surface area contributed by atoms with Crippen LogP contribution >= 0.6 is 0 Å². The number of carbonyl (C=O) groups excluding carboxylic acids is 2. The van der Waals surface area contributed by atoms with Crippen LogP contribution in [0.5, 0.6) is 0 Å². The van der Waals surface area contributed by atoms with Crippen molar-refractivity contribution < 1.29 is 18.0 Å². The van der Waals surface area contributed by atoms with E-state index in [4.69, 9.17) is 0 Å². The molecular weight excluding hydrogens is 450 g/mol. The number of piperidine rings is 1. The second kappa shape index (κ2) is 8.82. The van der Waals surface area contributed by atoms with Crippen molar-refractivity contribution in [2.75, 3.05) is 23.3 Å². The Morgan fingerprint density at radius 3 is 2.44 bits per heavy atom. The van der Waals surface area contributed by atoms with Crippen molar-refractivity contribution >= 4 is 33.2 Å². The zero-order chi connectivity index (χ0) is 24.0. The molecule has 8 heteroatoms. The van der Waals surface area contributed by atoms with Gasteiger partial charge >= 0.3 is 0 Å². The monoisotopic (exact) mass is 481 g/mol. The van der Waals surface area contributed by atoms with Gasteiger partial charge in [-0.3, -0.25) is 9.59 Å². The summed E-state index contributed by atoms with van der Waals surface area (Å²) in [5.74, 6) is -0.278. The lowest BCUT2D eigenvalue weighted by Gasteiger charge is -2.31. The van der Waals surface area contributed by atoms with Gasteiger partial charge in [0.25, 0.3) is 0 Å². The number of hydrogen-bond acceptors (Lipinski definition) is 4. The minimum absolute atomic E-state index is 0.0332. The minimum atomic E-state index is -3.74. The molecule has 2 aromatic carbocycles. The van der Waals surface area contributed by atoms with Gasteiger partial charge in [0, 0.05) is 36.4 Å². The Morgan fingerprint density at radius 1 is 1.00 bits per heavy atom. The summed E-state index contributed by atoms with van der Waals surface area (Å²) in [6.45, 7) is 4.56. The number of nitrogens with one attached hydrogen (secondary N) is 1. The molecule has 1 saturated heterocycles. The van der Waals surface area contributed by atoms with Gasteiger partial charge < -0.3 is 10.2 Å². The summed E-state index contributed by atoms with van der Waals surface area (Å²) in [6.07, 6.45) is 3.83. The first-order valence-corrected chi connectivity index (χ1v) is 13.5.